The minimum absolute atomic E-state index is 0.617. The fourth-order valence-corrected chi connectivity index (χ4v) is 2.97. The first-order valence-electron chi connectivity index (χ1n) is 8.60. The molecule has 0 aliphatic carbocycles. The molecule has 0 radical (unpaired) electrons. The quantitative estimate of drug-likeness (QED) is 0.857. The third-order valence-electron chi connectivity index (χ3n) is 4.32. The van der Waals surface area contributed by atoms with Gasteiger partial charge in [-0.25, -0.2) is 0 Å². The molecular weight excluding hydrogens is 284 g/mol. The number of ether oxygens (including phenoxy) is 1. The van der Waals surface area contributed by atoms with Crippen LogP contribution in [0.15, 0.2) is 54.6 Å². The van der Waals surface area contributed by atoms with Gasteiger partial charge in [-0.15, -0.1) is 0 Å². The highest BCUT2D eigenvalue weighted by atomic mass is 16.5. The summed E-state index contributed by atoms with van der Waals surface area (Å²) in [6, 6.07) is 19.3. The molecule has 3 nitrogen and oxygen atoms in total. The van der Waals surface area contributed by atoms with Gasteiger partial charge in [0, 0.05) is 12.6 Å². The lowest BCUT2D eigenvalue weighted by molar-refractivity contribution is 0.305. The average molecular weight is 310 g/mol. The van der Waals surface area contributed by atoms with Crippen molar-refractivity contribution >= 4 is 0 Å². The number of benzene rings is 2. The summed E-state index contributed by atoms with van der Waals surface area (Å²) in [4.78, 5) is 0. The first kappa shape index (κ1) is 16.0. The number of rotatable bonds is 6. The molecule has 0 saturated carbocycles. The Kier molecular flexibility index (Phi) is 6.07. The van der Waals surface area contributed by atoms with E-state index < -0.39 is 0 Å². The van der Waals surface area contributed by atoms with Crippen LogP contribution in [0.4, 0.5) is 0 Å². The van der Waals surface area contributed by atoms with Crippen LogP contribution < -0.4 is 15.4 Å². The van der Waals surface area contributed by atoms with Gasteiger partial charge in [-0.1, -0.05) is 42.5 Å². The normalized spacial score (nSPS) is 18.3. The molecule has 1 aliphatic rings. The fraction of sp³-hybridized carbons (Fsp3) is 0.400. The monoisotopic (exact) mass is 310 g/mol. The van der Waals surface area contributed by atoms with E-state index in [-0.39, 0.29) is 0 Å². The Labute approximate surface area is 139 Å². The van der Waals surface area contributed by atoms with E-state index in [0.717, 1.165) is 25.4 Å². The molecule has 0 spiro atoms. The van der Waals surface area contributed by atoms with E-state index in [9.17, 15) is 0 Å². The minimum Gasteiger partial charge on any atom is -0.489 e. The molecule has 0 aromatic heterocycles. The van der Waals surface area contributed by atoms with Gasteiger partial charge in [-0.2, -0.15) is 0 Å². The van der Waals surface area contributed by atoms with E-state index in [1.54, 1.807) is 0 Å². The van der Waals surface area contributed by atoms with Crippen LogP contribution >= 0.6 is 0 Å². The molecule has 0 bridgehead atoms. The van der Waals surface area contributed by atoms with Crippen LogP contribution in [0.5, 0.6) is 5.75 Å². The van der Waals surface area contributed by atoms with Crippen LogP contribution in [-0.2, 0) is 13.2 Å². The summed E-state index contributed by atoms with van der Waals surface area (Å²) in [5, 5.41) is 7.14. The molecule has 1 atom stereocenters. The lowest BCUT2D eigenvalue weighted by Crippen LogP contribution is -2.29. The van der Waals surface area contributed by atoms with Crippen LogP contribution in [0, 0.1) is 0 Å². The zero-order chi connectivity index (χ0) is 15.7. The predicted molar refractivity (Wildman–Crippen MR) is 94.6 cm³/mol. The molecule has 122 valence electrons. The van der Waals surface area contributed by atoms with Gasteiger partial charge in [0.15, 0.2) is 0 Å². The molecular formula is C20H26N2O. The second kappa shape index (κ2) is 8.70. The van der Waals surface area contributed by atoms with Crippen molar-refractivity contribution in [2.45, 2.75) is 38.5 Å². The van der Waals surface area contributed by atoms with Crippen molar-refractivity contribution in [2.75, 3.05) is 13.1 Å². The van der Waals surface area contributed by atoms with Crippen molar-refractivity contribution in [3.8, 4) is 5.75 Å². The third-order valence-corrected chi connectivity index (χ3v) is 4.32. The highest BCUT2D eigenvalue weighted by Gasteiger charge is 2.10. The Hall–Kier alpha value is -1.84. The zero-order valence-corrected chi connectivity index (χ0v) is 13.6. The largest absolute Gasteiger partial charge is 0.489 e. The molecule has 1 fully saturated rings. The van der Waals surface area contributed by atoms with Gasteiger partial charge < -0.3 is 15.4 Å². The molecule has 1 aliphatic heterocycles. The number of hydrogen-bond acceptors (Lipinski definition) is 3. The Morgan fingerprint density at radius 3 is 2.74 bits per heavy atom. The van der Waals surface area contributed by atoms with Gasteiger partial charge in [0.2, 0.25) is 0 Å². The highest BCUT2D eigenvalue weighted by Crippen LogP contribution is 2.16. The Balaban J connectivity index is 1.50. The van der Waals surface area contributed by atoms with Crippen LogP contribution in [0.25, 0.3) is 0 Å². The minimum atomic E-state index is 0.617. The summed E-state index contributed by atoms with van der Waals surface area (Å²) >= 11 is 0. The first-order valence-corrected chi connectivity index (χ1v) is 8.60. The van der Waals surface area contributed by atoms with Gasteiger partial charge >= 0.3 is 0 Å². The molecule has 23 heavy (non-hydrogen) atoms. The van der Waals surface area contributed by atoms with Gasteiger partial charge in [0.25, 0.3) is 0 Å². The van der Waals surface area contributed by atoms with Crippen LogP contribution in [-0.4, -0.2) is 19.1 Å². The van der Waals surface area contributed by atoms with Gasteiger partial charge in [-0.3, -0.25) is 0 Å². The van der Waals surface area contributed by atoms with E-state index in [0.29, 0.717) is 12.6 Å². The second-order valence-electron chi connectivity index (χ2n) is 6.18. The lowest BCUT2D eigenvalue weighted by atomic mass is 10.1. The summed E-state index contributed by atoms with van der Waals surface area (Å²) < 4.78 is 5.91. The van der Waals surface area contributed by atoms with Crippen LogP contribution in [0.3, 0.4) is 0 Å². The van der Waals surface area contributed by atoms with E-state index >= 15 is 0 Å². The standard InChI is InChI=1S/C20H26N2O/c1-2-6-17(7-3-1)16-23-20-10-4-8-18(14-20)15-22-19-9-5-12-21-13-11-19/h1-4,6-8,10,14,19,21-22H,5,9,11-13,15-16H2. The molecule has 3 rings (SSSR count). The number of hydrogen-bond donors (Lipinski definition) is 2. The summed E-state index contributed by atoms with van der Waals surface area (Å²) in [5.74, 6) is 0.940. The smallest absolute Gasteiger partial charge is 0.120 e. The average Bonchev–Trinajstić information content (AvgIpc) is 2.88. The molecule has 1 saturated heterocycles. The van der Waals surface area contributed by atoms with Gasteiger partial charge in [0.05, 0.1) is 0 Å². The van der Waals surface area contributed by atoms with Crippen LogP contribution in [0.2, 0.25) is 0 Å². The Morgan fingerprint density at radius 1 is 0.957 bits per heavy atom. The summed E-state index contributed by atoms with van der Waals surface area (Å²) in [7, 11) is 0. The SMILES string of the molecule is c1ccc(COc2cccc(CNC3CCCNCC3)c2)cc1. The van der Waals surface area contributed by atoms with E-state index in [1.165, 1.54) is 30.4 Å². The van der Waals surface area contributed by atoms with Crippen molar-refractivity contribution in [2.24, 2.45) is 0 Å². The summed E-state index contributed by atoms with van der Waals surface area (Å²) in [6.07, 6.45) is 3.74. The zero-order valence-electron chi connectivity index (χ0n) is 13.6. The fourth-order valence-electron chi connectivity index (χ4n) is 2.97. The van der Waals surface area contributed by atoms with Gasteiger partial charge in [0.1, 0.15) is 12.4 Å². The van der Waals surface area contributed by atoms with E-state index in [4.69, 9.17) is 4.74 Å². The van der Waals surface area contributed by atoms with Crippen LogP contribution in [0.1, 0.15) is 30.4 Å². The van der Waals surface area contributed by atoms with Crippen molar-refractivity contribution in [3.63, 3.8) is 0 Å². The molecule has 0 amide bonds. The van der Waals surface area contributed by atoms with Crippen molar-refractivity contribution < 1.29 is 4.74 Å². The van der Waals surface area contributed by atoms with E-state index in [2.05, 4.69) is 41.0 Å². The topological polar surface area (TPSA) is 33.3 Å². The summed E-state index contributed by atoms with van der Waals surface area (Å²) in [5.41, 5.74) is 2.48. The third kappa shape index (κ3) is 5.38. The summed E-state index contributed by atoms with van der Waals surface area (Å²) in [6.45, 7) is 3.80. The Morgan fingerprint density at radius 2 is 1.83 bits per heavy atom. The maximum Gasteiger partial charge on any atom is 0.120 e. The molecule has 2 aromatic carbocycles. The second-order valence-corrected chi connectivity index (χ2v) is 6.18. The molecule has 2 N–H and O–H groups in total. The van der Waals surface area contributed by atoms with Crippen molar-refractivity contribution in [3.05, 3.63) is 65.7 Å². The Bertz CT molecular complexity index is 577. The van der Waals surface area contributed by atoms with Crippen molar-refractivity contribution in [1.29, 1.82) is 0 Å². The maximum absolute atomic E-state index is 5.91. The maximum atomic E-state index is 5.91. The molecule has 1 heterocycles. The molecule has 3 heteroatoms. The first-order chi connectivity index (χ1) is 11.4. The van der Waals surface area contributed by atoms with E-state index in [1.807, 2.05) is 24.3 Å². The molecule has 2 aromatic rings. The predicted octanol–water partition coefficient (Wildman–Crippen LogP) is 3.50. The lowest BCUT2D eigenvalue weighted by Gasteiger charge is -2.16. The highest BCUT2D eigenvalue weighted by molar-refractivity contribution is 5.29. The van der Waals surface area contributed by atoms with Gasteiger partial charge in [-0.05, 0) is 55.6 Å². The number of nitrogens with one attached hydrogen (secondary N) is 2. The van der Waals surface area contributed by atoms with Crippen molar-refractivity contribution in [1.82, 2.24) is 10.6 Å². The molecule has 1 unspecified atom stereocenters.